The van der Waals surface area contributed by atoms with Gasteiger partial charge >= 0.3 is 0 Å². The first kappa shape index (κ1) is 10.3. The second-order valence-corrected chi connectivity index (χ2v) is 3.72. The molecule has 2 rings (SSSR count). The molecule has 0 bridgehead atoms. The monoisotopic (exact) mass is 221 g/mol. The van der Waals surface area contributed by atoms with Crippen LogP contribution < -0.4 is 5.32 Å². The highest BCUT2D eigenvalue weighted by atomic mass is 35.5. The Hall–Kier alpha value is -1.19. The van der Waals surface area contributed by atoms with Crippen molar-refractivity contribution in [3.8, 4) is 0 Å². The third-order valence-electron chi connectivity index (χ3n) is 2.31. The number of nitrogens with one attached hydrogen (secondary N) is 1. The van der Waals surface area contributed by atoms with Crippen molar-refractivity contribution in [3.05, 3.63) is 35.2 Å². The van der Waals surface area contributed by atoms with Gasteiger partial charge in [-0.1, -0.05) is 23.7 Å². The first-order chi connectivity index (χ1) is 7.33. The fraction of sp³-hybridized carbons (Fsp3) is 0.273. The molecule has 0 unspecified atom stereocenters. The van der Waals surface area contributed by atoms with E-state index < -0.39 is 0 Å². The van der Waals surface area contributed by atoms with Gasteiger partial charge in [0.2, 0.25) is 0 Å². The number of para-hydroxylation sites is 1. The lowest BCUT2D eigenvalue weighted by molar-refractivity contribution is 0.779. The molecule has 78 valence electrons. The lowest BCUT2D eigenvalue weighted by Crippen LogP contribution is -2.11. The van der Waals surface area contributed by atoms with Crippen LogP contribution in [0.3, 0.4) is 0 Å². The van der Waals surface area contributed by atoms with Gasteiger partial charge in [0.1, 0.15) is 6.33 Å². The van der Waals surface area contributed by atoms with Crippen molar-refractivity contribution in [1.82, 2.24) is 15.3 Å². The Morgan fingerprint density at radius 1 is 1.33 bits per heavy atom. The minimum atomic E-state index is 0.681. The number of hydrogen-bond acceptors (Lipinski definition) is 3. The summed E-state index contributed by atoms with van der Waals surface area (Å²) in [6.45, 7) is 0.901. The molecule has 4 heteroatoms. The fourth-order valence-corrected chi connectivity index (χ4v) is 1.77. The van der Waals surface area contributed by atoms with E-state index in [0.717, 1.165) is 29.6 Å². The van der Waals surface area contributed by atoms with Crippen LogP contribution in [0.2, 0.25) is 5.02 Å². The number of aromatic nitrogens is 2. The Kier molecular flexibility index (Phi) is 3.14. The van der Waals surface area contributed by atoms with Crippen molar-refractivity contribution in [2.24, 2.45) is 0 Å². The van der Waals surface area contributed by atoms with E-state index in [1.807, 2.05) is 25.2 Å². The summed E-state index contributed by atoms with van der Waals surface area (Å²) < 4.78 is 0. The second kappa shape index (κ2) is 4.55. The summed E-state index contributed by atoms with van der Waals surface area (Å²) in [4.78, 5) is 8.46. The van der Waals surface area contributed by atoms with Crippen molar-refractivity contribution in [2.75, 3.05) is 13.6 Å². The van der Waals surface area contributed by atoms with E-state index in [-0.39, 0.29) is 0 Å². The van der Waals surface area contributed by atoms with E-state index in [9.17, 15) is 0 Å². The highest BCUT2D eigenvalue weighted by Crippen LogP contribution is 2.22. The molecule has 2 aromatic rings. The number of halogens is 1. The van der Waals surface area contributed by atoms with Gasteiger partial charge in [-0.25, -0.2) is 9.97 Å². The van der Waals surface area contributed by atoms with Crippen LogP contribution in [-0.2, 0) is 6.42 Å². The molecule has 1 aromatic heterocycles. The van der Waals surface area contributed by atoms with Gasteiger partial charge in [-0.05, 0) is 13.1 Å². The van der Waals surface area contributed by atoms with E-state index in [4.69, 9.17) is 11.6 Å². The SMILES string of the molecule is CNCCc1ncnc2c(Cl)cccc12. The van der Waals surface area contributed by atoms with E-state index >= 15 is 0 Å². The number of fused-ring (bicyclic) bond motifs is 1. The lowest BCUT2D eigenvalue weighted by Gasteiger charge is -2.05. The van der Waals surface area contributed by atoms with E-state index in [1.54, 1.807) is 6.33 Å². The minimum absolute atomic E-state index is 0.681. The predicted octanol–water partition coefficient (Wildman–Crippen LogP) is 2.05. The molecule has 0 aliphatic rings. The lowest BCUT2D eigenvalue weighted by atomic mass is 10.1. The molecule has 15 heavy (non-hydrogen) atoms. The average Bonchev–Trinajstić information content (AvgIpc) is 2.27. The van der Waals surface area contributed by atoms with Crippen molar-refractivity contribution < 1.29 is 0 Å². The molecule has 0 radical (unpaired) electrons. The summed E-state index contributed by atoms with van der Waals surface area (Å²) in [5, 5.41) is 4.83. The van der Waals surface area contributed by atoms with Gasteiger partial charge in [0, 0.05) is 18.4 Å². The summed E-state index contributed by atoms with van der Waals surface area (Å²) in [5.74, 6) is 0. The first-order valence-electron chi connectivity index (χ1n) is 4.85. The molecule has 0 aliphatic heterocycles. The molecule has 0 aliphatic carbocycles. The topological polar surface area (TPSA) is 37.8 Å². The molecule has 1 N–H and O–H groups in total. The summed E-state index contributed by atoms with van der Waals surface area (Å²) in [6.07, 6.45) is 2.45. The molecular formula is C11H12ClN3. The fourth-order valence-electron chi connectivity index (χ4n) is 1.55. The Bertz CT molecular complexity index is 470. The van der Waals surface area contributed by atoms with Crippen LogP contribution >= 0.6 is 11.6 Å². The van der Waals surface area contributed by atoms with Gasteiger partial charge in [0.15, 0.2) is 0 Å². The Morgan fingerprint density at radius 3 is 3.00 bits per heavy atom. The van der Waals surface area contributed by atoms with Crippen LogP contribution in [0.1, 0.15) is 5.69 Å². The maximum absolute atomic E-state index is 6.06. The van der Waals surface area contributed by atoms with Crippen LogP contribution in [0.4, 0.5) is 0 Å². The summed E-state index contributed by atoms with van der Waals surface area (Å²) in [5.41, 5.74) is 1.87. The van der Waals surface area contributed by atoms with Crippen LogP contribution in [0, 0.1) is 0 Å². The molecule has 1 heterocycles. The number of rotatable bonds is 3. The zero-order chi connectivity index (χ0) is 10.7. The van der Waals surface area contributed by atoms with Gasteiger partial charge in [-0.2, -0.15) is 0 Å². The molecule has 0 amide bonds. The zero-order valence-electron chi connectivity index (χ0n) is 8.50. The summed E-state index contributed by atoms with van der Waals surface area (Å²) in [6, 6.07) is 5.78. The largest absolute Gasteiger partial charge is 0.319 e. The first-order valence-corrected chi connectivity index (χ1v) is 5.23. The van der Waals surface area contributed by atoms with Gasteiger partial charge in [0.05, 0.1) is 16.2 Å². The highest BCUT2D eigenvalue weighted by molar-refractivity contribution is 6.35. The van der Waals surface area contributed by atoms with Crippen molar-refractivity contribution in [1.29, 1.82) is 0 Å². The maximum atomic E-state index is 6.06. The summed E-state index contributed by atoms with van der Waals surface area (Å²) in [7, 11) is 1.93. The van der Waals surface area contributed by atoms with Gasteiger partial charge in [0.25, 0.3) is 0 Å². The Labute approximate surface area is 93.5 Å². The molecule has 0 fully saturated rings. The highest BCUT2D eigenvalue weighted by Gasteiger charge is 2.05. The molecule has 0 atom stereocenters. The van der Waals surface area contributed by atoms with E-state index in [2.05, 4.69) is 15.3 Å². The molecule has 0 saturated heterocycles. The number of hydrogen-bond donors (Lipinski definition) is 1. The number of nitrogens with zero attached hydrogens (tertiary/aromatic N) is 2. The predicted molar refractivity (Wildman–Crippen MR) is 62.2 cm³/mol. The summed E-state index contributed by atoms with van der Waals surface area (Å²) >= 11 is 6.06. The van der Waals surface area contributed by atoms with Crippen molar-refractivity contribution in [3.63, 3.8) is 0 Å². The Balaban J connectivity index is 2.51. The van der Waals surface area contributed by atoms with Crippen LogP contribution in [0.25, 0.3) is 10.9 Å². The normalized spacial score (nSPS) is 10.8. The average molecular weight is 222 g/mol. The van der Waals surface area contributed by atoms with Gasteiger partial charge < -0.3 is 5.32 Å². The smallest absolute Gasteiger partial charge is 0.116 e. The number of benzene rings is 1. The van der Waals surface area contributed by atoms with Crippen LogP contribution in [0.15, 0.2) is 24.5 Å². The standard InChI is InChI=1S/C11H12ClN3/c1-13-6-5-10-8-3-2-4-9(12)11(8)15-7-14-10/h2-4,7,13H,5-6H2,1H3. The second-order valence-electron chi connectivity index (χ2n) is 3.31. The van der Waals surface area contributed by atoms with Gasteiger partial charge in [-0.3, -0.25) is 0 Å². The third kappa shape index (κ3) is 2.08. The van der Waals surface area contributed by atoms with E-state index in [1.165, 1.54) is 0 Å². The third-order valence-corrected chi connectivity index (χ3v) is 2.61. The zero-order valence-corrected chi connectivity index (χ0v) is 9.25. The molecular weight excluding hydrogens is 210 g/mol. The van der Waals surface area contributed by atoms with E-state index in [0.29, 0.717) is 5.02 Å². The Morgan fingerprint density at radius 2 is 2.20 bits per heavy atom. The quantitative estimate of drug-likeness (QED) is 0.862. The minimum Gasteiger partial charge on any atom is -0.319 e. The van der Waals surface area contributed by atoms with Gasteiger partial charge in [-0.15, -0.1) is 0 Å². The maximum Gasteiger partial charge on any atom is 0.116 e. The molecule has 0 saturated carbocycles. The van der Waals surface area contributed by atoms with Crippen molar-refractivity contribution in [2.45, 2.75) is 6.42 Å². The molecule has 0 spiro atoms. The molecule has 3 nitrogen and oxygen atoms in total. The van der Waals surface area contributed by atoms with Crippen LogP contribution in [-0.4, -0.2) is 23.6 Å². The molecule has 1 aromatic carbocycles. The van der Waals surface area contributed by atoms with Crippen LogP contribution in [0.5, 0.6) is 0 Å². The van der Waals surface area contributed by atoms with Crippen molar-refractivity contribution >= 4 is 22.5 Å². The number of likely N-dealkylation sites (N-methyl/N-ethyl adjacent to an activating group) is 1.